The van der Waals surface area contributed by atoms with Gasteiger partial charge >= 0.3 is 0 Å². The molecule has 0 atom stereocenters. The van der Waals surface area contributed by atoms with Gasteiger partial charge in [0.1, 0.15) is 12.4 Å². The zero-order valence-electron chi connectivity index (χ0n) is 18.2. The first-order chi connectivity index (χ1) is 14.7. The van der Waals surface area contributed by atoms with E-state index in [2.05, 4.69) is 27.0 Å². The van der Waals surface area contributed by atoms with Crippen LogP contribution in [0.1, 0.15) is 11.1 Å². The lowest BCUT2D eigenvalue weighted by atomic mass is 10.2. The van der Waals surface area contributed by atoms with Crippen molar-refractivity contribution < 1.29 is 4.74 Å². The largest absolute Gasteiger partial charge is 0.492 e. The predicted molar refractivity (Wildman–Crippen MR) is 139 cm³/mol. The molecule has 0 spiro atoms. The van der Waals surface area contributed by atoms with Crippen molar-refractivity contribution in [3.63, 3.8) is 0 Å². The van der Waals surface area contributed by atoms with Crippen LogP contribution in [0.3, 0.4) is 0 Å². The summed E-state index contributed by atoms with van der Waals surface area (Å²) in [5, 5.41) is 0.983. The highest BCUT2D eigenvalue weighted by molar-refractivity contribution is 5.86. The number of hydrogen-bond acceptors (Lipinski definition) is 5. The molecule has 4 aromatic rings. The average Bonchev–Trinajstić information content (AvgIpc) is 2.78. The monoisotopic (exact) mass is 508 g/mol. The Morgan fingerprint density at radius 3 is 2.09 bits per heavy atom. The van der Waals surface area contributed by atoms with Crippen molar-refractivity contribution in [3.05, 3.63) is 101 Å². The van der Waals surface area contributed by atoms with Crippen LogP contribution < -0.4 is 10.3 Å². The summed E-state index contributed by atoms with van der Waals surface area (Å²) in [6.45, 7) is 2.88. The highest BCUT2D eigenvalue weighted by Crippen LogP contribution is 2.19. The fraction of sp³-hybridized carbons (Fsp3) is 0.208. The van der Waals surface area contributed by atoms with Crippen molar-refractivity contribution in [1.29, 1.82) is 0 Å². The Hall–Kier alpha value is -2.64. The predicted octanol–water partition coefficient (Wildman–Crippen LogP) is 4.68. The summed E-state index contributed by atoms with van der Waals surface area (Å²) in [5.41, 5.74) is 3.20. The minimum Gasteiger partial charge on any atom is -0.492 e. The Bertz CT molecular complexity index is 1130. The topological polar surface area (TPSA) is 60.2 Å². The van der Waals surface area contributed by atoms with E-state index >= 15 is 0 Å². The number of fused-ring (bicyclic) bond motifs is 1. The van der Waals surface area contributed by atoms with E-state index in [0.29, 0.717) is 6.61 Å². The van der Waals surface area contributed by atoms with Crippen LogP contribution in [0, 0.1) is 0 Å². The molecule has 0 aliphatic heterocycles. The van der Waals surface area contributed by atoms with Gasteiger partial charge < -0.3 is 9.30 Å². The van der Waals surface area contributed by atoms with Gasteiger partial charge in [0.25, 0.3) is 5.56 Å². The van der Waals surface area contributed by atoms with Gasteiger partial charge in [-0.3, -0.25) is 19.7 Å². The maximum atomic E-state index is 11.8. The first-order valence-electron chi connectivity index (χ1n) is 9.92. The normalized spacial score (nSPS) is 10.1. The Morgan fingerprint density at radius 2 is 1.52 bits per heavy atom. The number of aromatic nitrogens is 3. The summed E-state index contributed by atoms with van der Waals surface area (Å²) in [7, 11) is 1.78. The molecule has 4 rings (SSSR count). The van der Waals surface area contributed by atoms with E-state index in [1.165, 1.54) is 0 Å². The van der Waals surface area contributed by atoms with Crippen molar-refractivity contribution >= 4 is 48.1 Å². The smallest absolute Gasteiger partial charge is 0.250 e. The summed E-state index contributed by atoms with van der Waals surface area (Å²) in [4.78, 5) is 22.5. The molecule has 3 heterocycles. The molecule has 0 N–H and O–H groups in total. The molecule has 9 heteroatoms. The standard InChI is InChI=1S/C24H24N4O2.3ClH/c1-27-23-8-7-22(14-21(23)6-9-24(27)29)30-13-12-28(17-19-4-2-10-25-15-19)18-20-5-3-11-26-16-20;;;/h2-11,14-16H,12-13,17-18H2,1H3;3*1H. The van der Waals surface area contributed by atoms with Gasteiger partial charge in [0.2, 0.25) is 0 Å². The first kappa shape index (κ1) is 28.4. The second kappa shape index (κ2) is 13.8. The maximum absolute atomic E-state index is 11.8. The SMILES string of the molecule is Cl.Cl.Cl.Cn1c(=O)ccc2cc(OCCN(Cc3cccnc3)Cc3cccnc3)ccc21. The molecular formula is C24H27Cl3N4O2. The second-order valence-corrected chi connectivity index (χ2v) is 7.23. The maximum Gasteiger partial charge on any atom is 0.250 e. The van der Waals surface area contributed by atoms with Gasteiger partial charge in [-0.15, -0.1) is 37.2 Å². The summed E-state index contributed by atoms with van der Waals surface area (Å²) in [5.74, 6) is 0.795. The van der Waals surface area contributed by atoms with Crippen LogP contribution in [0.15, 0.2) is 84.2 Å². The molecule has 0 saturated carbocycles. The molecule has 6 nitrogen and oxygen atoms in total. The molecule has 0 radical (unpaired) electrons. The van der Waals surface area contributed by atoms with E-state index in [0.717, 1.165) is 47.4 Å². The molecular weight excluding hydrogens is 483 g/mol. The minimum absolute atomic E-state index is 0. The van der Waals surface area contributed by atoms with Crippen LogP contribution >= 0.6 is 37.2 Å². The van der Waals surface area contributed by atoms with Crippen LogP contribution in [-0.2, 0) is 20.1 Å². The number of ether oxygens (including phenoxy) is 1. The van der Waals surface area contributed by atoms with Crippen LogP contribution in [0.2, 0.25) is 0 Å². The highest BCUT2D eigenvalue weighted by Gasteiger charge is 2.09. The van der Waals surface area contributed by atoms with Crippen LogP contribution in [0.4, 0.5) is 0 Å². The number of nitrogens with zero attached hydrogens (tertiary/aromatic N) is 4. The molecule has 0 bridgehead atoms. The first-order valence-corrected chi connectivity index (χ1v) is 9.92. The number of benzene rings is 1. The van der Waals surface area contributed by atoms with Gasteiger partial charge in [-0.2, -0.15) is 0 Å². The molecule has 0 unspecified atom stereocenters. The van der Waals surface area contributed by atoms with Gasteiger partial charge in [-0.25, -0.2) is 0 Å². The summed E-state index contributed by atoms with van der Waals surface area (Å²) in [6, 6.07) is 17.3. The van der Waals surface area contributed by atoms with Gasteiger partial charge in [-0.1, -0.05) is 12.1 Å². The van der Waals surface area contributed by atoms with Crippen molar-refractivity contribution in [2.75, 3.05) is 13.2 Å². The molecule has 0 saturated heterocycles. The van der Waals surface area contributed by atoms with Crippen molar-refractivity contribution in [2.45, 2.75) is 13.1 Å². The lowest BCUT2D eigenvalue weighted by Gasteiger charge is -2.22. The van der Waals surface area contributed by atoms with E-state index in [4.69, 9.17) is 4.74 Å². The Balaban J connectivity index is 0.00000181. The highest BCUT2D eigenvalue weighted by atomic mass is 35.5. The van der Waals surface area contributed by atoms with Gasteiger partial charge in [0.15, 0.2) is 0 Å². The number of halogens is 3. The molecule has 33 heavy (non-hydrogen) atoms. The van der Waals surface area contributed by atoms with Crippen LogP contribution in [0.5, 0.6) is 5.75 Å². The van der Waals surface area contributed by atoms with Gasteiger partial charge in [0.05, 0.1) is 5.52 Å². The number of aryl methyl sites for hydroxylation is 1. The molecule has 1 aromatic carbocycles. The zero-order valence-corrected chi connectivity index (χ0v) is 20.6. The average molecular weight is 510 g/mol. The third-order valence-electron chi connectivity index (χ3n) is 5.03. The van der Waals surface area contributed by atoms with Crippen molar-refractivity contribution in [3.8, 4) is 5.75 Å². The lowest BCUT2D eigenvalue weighted by molar-refractivity contribution is 0.196. The molecule has 3 aromatic heterocycles. The number of pyridine rings is 3. The minimum atomic E-state index is -0.0161. The molecule has 0 aliphatic rings. The van der Waals surface area contributed by atoms with E-state index in [-0.39, 0.29) is 42.8 Å². The van der Waals surface area contributed by atoms with E-state index in [1.54, 1.807) is 30.1 Å². The Kier molecular flexibility index (Phi) is 11.9. The fourth-order valence-electron chi connectivity index (χ4n) is 3.46. The van der Waals surface area contributed by atoms with Gasteiger partial charge in [-0.05, 0) is 47.5 Å². The third kappa shape index (κ3) is 7.72. The molecule has 176 valence electrons. The second-order valence-electron chi connectivity index (χ2n) is 7.23. The summed E-state index contributed by atoms with van der Waals surface area (Å²) >= 11 is 0. The third-order valence-corrected chi connectivity index (χ3v) is 5.03. The zero-order chi connectivity index (χ0) is 20.8. The molecule has 0 amide bonds. The Morgan fingerprint density at radius 1 is 0.879 bits per heavy atom. The van der Waals surface area contributed by atoms with E-state index in [1.807, 2.05) is 48.8 Å². The van der Waals surface area contributed by atoms with Crippen LogP contribution in [0.25, 0.3) is 10.9 Å². The number of hydrogen-bond donors (Lipinski definition) is 0. The van der Waals surface area contributed by atoms with Crippen LogP contribution in [-0.4, -0.2) is 32.6 Å². The van der Waals surface area contributed by atoms with E-state index < -0.39 is 0 Å². The fourth-order valence-corrected chi connectivity index (χ4v) is 3.46. The Labute approximate surface area is 211 Å². The van der Waals surface area contributed by atoms with E-state index in [9.17, 15) is 4.79 Å². The molecule has 0 aliphatic carbocycles. The number of rotatable bonds is 8. The summed E-state index contributed by atoms with van der Waals surface area (Å²) in [6.07, 6.45) is 7.36. The van der Waals surface area contributed by atoms with Crippen molar-refractivity contribution in [2.24, 2.45) is 7.05 Å². The quantitative estimate of drug-likeness (QED) is 0.345. The summed E-state index contributed by atoms with van der Waals surface area (Å²) < 4.78 is 7.67. The molecule has 0 fully saturated rings. The van der Waals surface area contributed by atoms with Gasteiger partial charge in [0, 0.05) is 62.9 Å². The lowest BCUT2D eigenvalue weighted by Crippen LogP contribution is -2.28. The van der Waals surface area contributed by atoms with Crippen molar-refractivity contribution in [1.82, 2.24) is 19.4 Å².